The summed E-state index contributed by atoms with van der Waals surface area (Å²) < 4.78 is 0. The van der Waals surface area contributed by atoms with E-state index in [9.17, 15) is 4.79 Å². The van der Waals surface area contributed by atoms with Gasteiger partial charge in [0.1, 0.15) is 0 Å². The van der Waals surface area contributed by atoms with Crippen LogP contribution in [0.1, 0.15) is 19.8 Å². The van der Waals surface area contributed by atoms with Crippen LogP contribution < -0.4 is 5.32 Å². The Labute approximate surface area is 138 Å². The minimum Gasteiger partial charge on any atom is -0.325 e. The van der Waals surface area contributed by atoms with E-state index in [0.29, 0.717) is 6.04 Å². The Morgan fingerprint density at radius 2 is 1.87 bits per heavy atom. The number of benzene rings is 2. The van der Waals surface area contributed by atoms with E-state index in [1.54, 1.807) is 0 Å². The third-order valence-corrected chi connectivity index (χ3v) is 4.90. The van der Waals surface area contributed by atoms with Gasteiger partial charge in [-0.15, -0.1) is 0 Å². The molecule has 122 valence electrons. The third-order valence-electron chi connectivity index (χ3n) is 4.90. The molecule has 1 aliphatic rings. The van der Waals surface area contributed by atoms with Crippen molar-refractivity contribution in [2.24, 2.45) is 0 Å². The van der Waals surface area contributed by atoms with E-state index in [1.165, 1.54) is 0 Å². The molecule has 4 nitrogen and oxygen atoms in total. The molecule has 0 aliphatic carbocycles. The first kappa shape index (κ1) is 15.8. The van der Waals surface area contributed by atoms with Crippen LogP contribution >= 0.6 is 0 Å². The van der Waals surface area contributed by atoms with Crippen molar-refractivity contribution in [3.8, 4) is 0 Å². The standard InChI is InChI=1S/C19H25N3O/c1-3-22-13-11-16(12-14-22)21(2)19(23)20-18-10-6-8-15-7-4-5-9-17(15)18/h4-10,16H,3,11-14H2,1-2H3,(H,20,23). The van der Waals surface area contributed by atoms with Gasteiger partial charge in [0.15, 0.2) is 0 Å². The molecule has 2 aromatic carbocycles. The van der Waals surface area contributed by atoms with Gasteiger partial charge in [0, 0.05) is 31.6 Å². The predicted octanol–water partition coefficient (Wildman–Crippen LogP) is 3.79. The maximum atomic E-state index is 12.6. The maximum Gasteiger partial charge on any atom is 0.321 e. The average molecular weight is 311 g/mol. The number of nitrogens with zero attached hydrogens (tertiary/aromatic N) is 2. The molecule has 1 N–H and O–H groups in total. The van der Waals surface area contributed by atoms with Gasteiger partial charge in [0.2, 0.25) is 0 Å². The lowest BCUT2D eigenvalue weighted by Gasteiger charge is -2.36. The van der Waals surface area contributed by atoms with Crippen LogP contribution in [0.15, 0.2) is 42.5 Å². The predicted molar refractivity (Wildman–Crippen MR) is 95.9 cm³/mol. The molecule has 4 heteroatoms. The quantitative estimate of drug-likeness (QED) is 0.936. The molecular weight excluding hydrogens is 286 g/mol. The summed E-state index contributed by atoms with van der Waals surface area (Å²) in [7, 11) is 1.91. The van der Waals surface area contributed by atoms with Crippen LogP contribution in [-0.2, 0) is 0 Å². The number of carbonyl (C=O) groups excluding carboxylic acids is 1. The number of rotatable bonds is 3. The molecule has 0 spiro atoms. The number of anilines is 1. The van der Waals surface area contributed by atoms with E-state index in [-0.39, 0.29) is 6.03 Å². The van der Waals surface area contributed by atoms with Crippen LogP contribution in [0, 0.1) is 0 Å². The third kappa shape index (κ3) is 3.48. The number of amides is 2. The van der Waals surface area contributed by atoms with Crippen LogP contribution in [0.25, 0.3) is 10.8 Å². The van der Waals surface area contributed by atoms with Crippen molar-refractivity contribution in [2.75, 3.05) is 32.0 Å². The van der Waals surface area contributed by atoms with Crippen molar-refractivity contribution in [3.05, 3.63) is 42.5 Å². The minimum absolute atomic E-state index is 0.0173. The topological polar surface area (TPSA) is 35.6 Å². The van der Waals surface area contributed by atoms with Crippen molar-refractivity contribution in [3.63, 3.8) is 0 Å². The highest BCUT2D eigenvalue weighted by Crippen LogP contribution is 2.24. The van der Waals surface area contributed by atoms with Crippen molar-refractivity contribution in [2.45, 2.75) is 25.8 Å². The molecule has 1 saturated heterocycles. The van der Waals surface area contributed by atoms with Gasteiger partial charge in [0.05, 0.1) is 5.69 Å². The zero-order valence-corrected chi connectivity index (χ0v) is 14.0. The van der Waals surface area contributed by atoms with Gasteiger partial charge in [-0.05, 0) is 30.8 Å². The number of likely N-dealkylation sites (tertiary alicyclic amines) is 1. The van der Waals surface area contributed by atoms with Gasteiger partial charge >= 0.3 is 6.03 Å². The lowest BCUT2D eigenvalue weighted by molar-refractivity contribution is 0.145. The molecule has 1 fully saturated rings. The smallest absolute Gasteiger partial charge is 0.321 e. The SMILES string of the molecule is CCN1CCC(N(C)C(=O)Nc2cccc3ccccc23)CC1. The molecule has 0 radical (unpaired) electrons. The summed E-state index contributed by atoms with van der Waals surface area (Å²) in [5.41, 5.74) is 0.881. The van der Waals surface area contributed by atoms with Gasteiger partial charge < -0.3 is 15.1 Å². The molecule has 0 aromatic heterocycles. The molecular formula is C19H25N3O. The zero-order valence-electron chi connectivity index (χ0n) is 14.0. The van der Waals surface area contributed by atoms with Crippen LogP contribution in [0.3, 0.4) is 0 Å². The number of nitrogens with one attached hydrogen (secondary N) is 1. The van der Waals surface area contributed by atoms with Gasteiger partial charge in [0.25, 0.3) is 0 Å². The van der Waals surface area contributed by atoms with E-state index in [0.717, 1.165) is 48.9 Å². The fraction of sp³-hybridized carbons (Fsp3) is 0.421. The Bertz CT molecular complexity index is 672. The summed E-state index contributed by atoms with van der Waals surface area (Å²) in [5.74, 6) is 0. The molecule has 2 amide bonds. The Kier molecular flexibility index (Phi) is 4.82. The molecule has 0 bridgehead atoms. The number of carbonyl (C=O) groups is 1. The van der Waals surface area contributed by atoms with E-state index < -0.39 is 0 Å². The summed E-state index contributed by atoms with van der Waals surface area (Å²) in [6, 6.07) is 14.5. The highest BCUT2D eigenvalue weighted by Gasteiger charge is 2.24. The lowest BCUT2D eigenvalue weighted by atomic mass is 10.0. The second-order valence-corrected chi connectivity index (χ2v) is 6.23. The Morgan fingerprint density at radius 3 is 2.61 bits per heavy atom. The summed E-state index contributed by atoms with van der Waals surface area (Å²) in [6.45, 7) is 5.44. The summed E-state index contributed by atoms with van der Waals surface area (Å²) in [5, 5.41) is 5.30. The lowest BCUT2D eigenvalue weighted by Crippen LogP contribution is -2.46. The molecule has 23 heavy (non-hydrogen) atoms. The molecule has 1 aliphatic heterocycles. The number of fused-ring (bicyclic) bond motifs is 1. The fourth-order valence-corrected chi connectivity index (χ4v) is 3.33. The second-order valence-electron chi connectivity index (χ2n) is 6.23. The largest absolute Gasteiger partial charge is 0.325 e. The normalized spacial score (nSPS) is 16.4. The summed E-state index contributed by atoms with van der Waals surface area (Å²) >= 11 is 0. The first-order chi connectivity index (χ1) is 11.2. The van der Waals surface area contributed by atoms with Crippen LogP contribution in [0.4, 0.5) is 10.5 Å². The maximum absolute atomic E-state index is 12.6. The molecule has 2 aromatic rings. The zero-order chi connectivity index (χ0) is 16.2. The van der Waals surface area contributed by atoms with Crippen LogP contribution in [0.5, 0.6) is 0 Å². The average Bonchev–Trinajstić information content (AvgIpc) is 2.61. The monoisotopic (exact) mass is 311 g/mol. The molecule has 0 saturated carbocycles. The highest BCUT2D eigenvalue weighted by atomic mass is 16.2. The molecule has 1 heterocycles. The van der Waals surface area contributed by atoms with Crippen LogP contribution in [-0.4, -0.2) is 48.6 Å². The van der Waals surface area contributed by atoms with Crippen molar-refractivity contribution in [1.29, 1.82) is 0 Å². The molecule has 0 unspecified atom stereocenters. The van der Waals surface area contributed by atoms with Gasteiger partial charge in [-0.2, -0.15) is 0 Å². The van der Waals surface area contributed by atoms with Crippen molar-refractivity contribution >= 4 is 22.5 Å². The Hall–Kier alpha value is -2.07. The van der Waals surface area contributed by atoms with Gasteiger partial charge in [-0.3, -0.25) is 0 Å². The Morgan fingerprint density at radius 1 is 1.17 bits per heavy atom. The summed E-state index contributed by atoms with van der Waals surface area (Å²) in [4.78, 5) is 16.9. The number of hydrogen-bond acceptors (Lipinski definition) is 2. The fourth-order valence-electron chi connectivity index (χ4n) is 3.33. The number of urea groups is 1. The van der Waals surface area contributed by atoms with Crippen LogP contribution in [0.2, 0.25) is 0 Å². The number of hydrogen-bond donors (Lipinski definition) is 1. The van der Waals surface area contributed by atoms with E-state index in [1.807, 2.05) is 42.3 Å². The Balaban J connectivity index is 1.68. The molecule has 3 rings (SSSR count). The van der Waals surface area contributed by atoms with Gasteiger partial charge in [-0.25, -0.2) is 4.79 Å². The minimum atomic E-state index is -0.0173. The first-order valence-electron chi connectivity index (χ1n) is 8.43. The van der Waals surface area contributed by atoms with E-state index >= 15 is 0 Å². The second kappa shape index (κ2) is 7.01. The van der Waals surface area contributed by atoms with E-state index in [2.05, 4.69) is 29.3 Å². The molecule has 0 atom stereocenters. The summed E-state index contributed by atoms with van der Waals surface area (Å²) in [6.07, 6.45) is 2.10. The van der Waals surface area contributed by atoms with Crippen molar-refractivity contribution < 1.29 is 4.79 Å². The first-order valence-corrected chi connectivity index (χ1v) is 8.43. The van der Waals surface area contributed by atoms with Gasteiger partial charge in [-0.1, -0.05) is 43.3 Å². The van der Waals surface area contributed by atoms with Crippen molar-refractivity contribution in [1.82, 2.24) is 9.80 Å². The highest BCUT2D eigenvalue weighted by molar-refractivity contribution is 6.01. The number of piperidine rings is 1. The van der Waals surface area contributed by atoms with E-state index in [4.69, 9.17) is 0 Å².